The van der Waals surface area contributed by atoms with Gasteiger partial charge < -0.3 is 5.32 Å². The summed E-state index contributed by atoms with van der Waals surface area (Å²) in [6.45, 7) is 3.73. The summed E-state index contributed by atoms with van der Waals surface area (Å²) in [4.78, 5) is 14.5. The van der Waals surface area contributed by atoms with Crippen molar-refractivity contribution in [1.29, 1.82) is 0 Å². The van der Waals surface area contributed by atoms with E-state index in [-0.39, 0.29) is 5.41 Å². The molecule has 0 bridgehead atoms. The summed E-state index contributed by atoms with van der Waals surface area (Å²) in [5.41, 5.74) is -0.0172. The van der Waals surface area contributed by atoms with Gasteiger partial charge in [-0.15, -0.1) is 0 Å². The van der Waals surface area contributed by atoms with Crippen LogP contribution in [0.1, 0.15) is 30.4 Å². The lowest BCUT2D eigenvalue weighted by Crippen LogP contribution is -2.53. The van der Waals surface area contributed by atoms with E-state index >= 15 is 0 Å². The lowest BCUT2D eigenvalue weighted by molar-refractivity contribution is -0.138. The van der Waals surface area contributed by atoms with Gasteiger partial charge in [0.25, 0.3) is 0 Å². The first kappa shape index (κ1) is 16.5. The summed E-state index contributed by atoms with van der Waals surface area (Å²) in [5.74, 6) is 0.350. The highest BCUT2D eigenvalue weighted by Crippen LogP contribution is 2.36. The normalized spacial score (nSPS) is 22.5. The molecule has 2 saturated heterocycles. The molecule has 23 heavy (non-hydrogen) atoms. The molecule has 1 aromatic carbocycles. The Kier molecular flexibility index (Phi) is 4.47. The Morgan fingerprint density at radius 1 is 1.13 bits per heavy atom. The van der Waals surface area contributed by atoms with E-state index in [4.69, 9.17) is 0 Å². The number of likely N-dealkylation sites (tertiary alicyclic amines) is 1. The summed E-state index contributed by atoms with van der Waals surface area (Å²) in [5, 5.41) is 3.28. The third-order valence-corrected chi connectivity index (χ3v) is 5.02. The van der Waals surface area contributed by atoms with Gasteiger partial charge in [0.15, 0.2) is 0 Å². The van der Waals surface area contributed by atoms with Crippen LogP contribution in [0.2, 0.25) is 0 Å². The number of rotatable bonds is 2. The van der Waals surface area contributed by atoms with Gasteiger partial charge in [-0.3, -0.25) is 9.69 Å². The van der Waals surface area contributed by atoms with Gasteiger partial charge in [0, 0.05) is 31.5 Å². The van der Waals surface area contributed by atoms with E-state index in [1.165, 1.54) is 12.1 Å². The Morgan fingerprint density at radius 2 is 1.78 bits per heavy atom. The second kappa shape index (κ2) is 6.24. The van der Waals surface area contributed by atoms with Crippen LogP contribution >= 0.6 is 0 Å². The van der Waals surface area contributed by atoms with Crippen LogP contribution in [0.5, 0.6) is 0 Å². The zero-order valence-corrected chi connectivity index (χ0v) is 13.0. The molecule has 2 heterocycles. The molecule has 3 nitrogen and oxygen atoms in total. The van der Waals surface area contributed by atoms with Crippen molar-refractivity contribution in [2.45, 2.75) is 32.0 Å². The van der Waals surface area contributed by atoms with Crippen LogP contribution in [0.4, 0.5) is 13.2 Å². The van der Waals surface area contributed by atoms with Crippen LogP contribution in [0, 0.1) is 5.41 Å². The quantitative estimate of drug-likeness (QED) is 0.907. The minimum atomic E-state index is -4.30. The second-order valence-electron chi connectivity index (χ2n) is 6.61. The predicted octanol–water partition coefficient (Wildman–Crippen LogP) is 2.85. The molecule has 6 heteroatoms. The minimum absolute atomic E-state index is 0.255. The molecular formula is C17H21F3N2O. The van der Waals surface area contributed by atoms with Crippen LogP contribution < -0.4 is 5.32 Å². The molecule has 2 aliphatic heterocycles. The highest BCUT2D eigenvalue weighted by Gasteiger charge is 2.43. The van der Waals surface area contributed by atoms with Crippen molar-refractivity contribution >= 4 is 5.78 Å². The van der Waals surface area contributed by atoms with Gasteiger partial charge >= 0.3 is 6.18 Å². The molecular weight excluding hydrogens is 305 g/mol. The molecule has 2 fully saturated rings. The third kappa shape index (κ3) is 3.58. The van der Waals surface area contributed by atoms with Crippen molar-refractivity contribution < 1.29 is 18.0 Å². The summed E-state index contributed by atoms with van der Waals surface area (Å²) in [6.07, 6.45) is -2.04. The van der Waals surface area contributed by atoms with Crippen molar-refractivity contribution in [3.05, 3.63) is 35.4 Å². The number of nitrogens with one attached hydrogen (secondary N) is 1. The molecule has 126 valence electrons. The zero-order chi connectivity index (χ0) is 16.5. The lowest BCUT2D eigenvalue weighted by Gasteiger charge is -2.44. The molecule has 0 saturated carbocycles. The largest absolute Gasteiger partial charge is 0.416 e. The fourth-order valence-electron chi connectivity index (χ4n) is 3.65. The maximum atomic E-state index is 12.6. The Hall–Kier alpha value is -1.40. The molecule has 1 aromatic rings. The first-order chi connectivity index (χ1) is 10.9. The van der Waals surface area contributed by atoms with Gasteiger partial charge in [0.2, 0.25) is 0 Å². The van der Waals surface area contributed by atoms with Crippen LogP contribution in [-0.2, 0) is 17.5 Å². The van der Waals surface area contributed by atoms with E-state index in [9.17, 15) is 18.0 Å². The number of hydrogen-bond acceptors (Lipinski definition) is 3. The van der Waals surface area contributed by atoms with Crippen molar-refractivity contribution in [3.8, 4) is 0 Å². The predicted molar refractivity (Wildman–Crippen MR) is 80.9 cm³/mol. The Balaban J connectivity index is 1.67. The fourth-order valence-corrected chi connectivity index (χ4v) is 3.65. The molecule has 0 radical (unpaired) electrons. The number of nitrogens with zero attached hydrogens (tertiary/aromatic N) is 1. The number of piperidine rings is 2. The van der Waals surface area contributed by atoms with Gasteiger partial charge in [-0.2, -0.15) is 13.2 Å². The number of carbonyl (C=O) groups is 1. The zero-order valence-electron chi connectivity index (χ0n) is 13.0. The maximum Gasteiger partial charge on any atom is 0.416 e. The average molecular weight is 326 g/mol. The van der Waals surface area contributed by atoms with Crippen molar-refractivity contribution in [3.63, 3.8) is 0 Å². The van der Waals surface area contributed by atoms with Gasteiger partial charge in [-0.25, -0.2) is 0 Å². The maximum absolute atomic E-state index is 12.6. The Morgan fingerprint density at radius 3 is 2.39 bits per heavy atom. The molecule has 2 aliphatic rings. The summed E-state index contributed by atoms with van der Waals surface area (Å²) >= 11 is 0. The van der Waals surface area contributed by atoms with E-state index in [1.807, 2.05) is 0 Å². The van der Waals surface area contributed by atoms with Crippen LogP contribution in [0.25, 0.3) is 0 Å². The van der Waals surface area contributed by atoms with E-state index in [1.54, 1.807) is 0 Å². The molecule has 0 aromatic heterocycles. The fraction of sp³-hybridized carbons (Fsp3) is 0.588. The molecule has 0 atom stereocenters. The van der Waals surface area contributed by atoms with E-state index in [2.05, 4.69) is 10.2 Å². The first-order valence-electron chi connectivity index (χ1n) is 8.02. The van der Waals surface area contributed by atoms with Gasteiger partial charge in [0.05, 0.1) is 5.56 Å². The number of ketones is 1. The number of carbonyl (C=O) groups excluding carboxylic acids is 1. The molecule has 0 unspecified atom stereocenters. The Labute approximate surface area is 133 Å². The van der Waals surface area contributed by atoms with Crippen molar-refractivity contribution in [2.75, 3.05) is 26.2 Å². The summed E-state index contributed by atoms with van der Waals surface area (Å²) in [7, 11) is 0. The molecule has 1 N–H and O–H groups in total. The average Bonchev–Trinajstić information content (AvgIpc) is 2.52. The molecule has 1 spiro atoms. The first-order valence-corrected chi connectivity index (χ1v) is 8.02. The number of benzene rings is 1. The number of Topliss-reactive ketones (excluding diaryl/α,β-unsaturated/α-hetero) is 1. The smallest absolute Gasteiger partial charge is 0.317 e. The van der Waals surface area contributed by atoms with Crippen molar-refractivity contribution in [2.24, 2.45) is 5.41 Å². The number of halogens is 3. The molecule has 3 rings (SSSR count). The Bertz CT molecular complexity index is 562. The summed E-state index contributed by atoms with van der Waals surface area (Å²) in [6, 6.07) is 5.33. The SMILES string of the molecule is O=C1CCN(Cc2ccc(C(F)(F)F)cc2)CC12CCNCC2. The van der Waals surface area contributed by atoms with Gasteiger partial charge in [-0.1, -0.05) is 12.1 Å². The topological polar surface area (TPSA) is 32.3 Å². The second-order valence-corrected chi connectivity index (χ2v) is 6.61. The van der Waals surface area contributed by atoms with Gasteiger partial charge in [0.1, 0.15) is 5.78 Å². The summed E-state index contributed by atoms with van der Waals surface area (Å²) < 4.78 is 37.8. The monoisotopic (exact) mass is 326 g/mol. The molecule has 0 amide bonds. The van der Waals surface area contributed by atoms with Crippen molar-refractivity contribution in [1.82, 2.24) is 10.2 Å². The van der Waals surface area contributed by atoms with E-state index < -0.39 is 11.7 Å². The standard InChI is InChI=1S/C17H21F3N2O/c18-17(19,20)14-3-1-13(2-4-14)11-22-10-5-15(23)16(12-22)6-8-21-9-7-16/h1-4,21H,5-12H2. The van der Waals surface area contributed by atoms with Gasteiger partial charge in [-0.05, 0) is 43.6 Å². The van der Waals surface area contributed by atoms with Crippen LogP contribution in [-0.4, -0.2) is 36.9 Å². The number of alkyl halides is 3. The van der Waals surface area contributed by atoms with Crippen LogP contribution in [0.15, 0.2) is 24.3 Å². The highest BCUT2D eigenvalue weighted by atomic mass is 19.4. The van der Waals surface area contributed by atoms with Crippen LogP contribution in [0.3, 0.4) is 0 Å². The highest BCUT2D eigenvalue weighted by molar-refractivity contribution is 5.86. The molecule has 0 aliphatic carbocycles. The van der Waals surface area contributed by atoms with E-state index in [0.717, 1.165) is 43.6 Å². The third-order valence-electron chi connectivity index (χ3n) is 5.02. The van der Waals surface area contributed by atoms with E-state index in [0.29, 0.717) is 31.8 Å². The lowest BCUT2D eigenvalue weighted by atomic mass is 9.72. The minimum Gasteiger partial charge on any atom is -0.317 e. The number of hydrogen-bond donors (Lipinski definition) is 1.